The van der Waals surface area contributed by atoms with Gasteiger partial charge in [-0.1, -0.05) is 55.0 Å². The molecule has 0 radical (unpaired) electrons. The van der Waals surface area contributed by atoms with E-state index < -0.39 is 0 Å². The highest BCUT2D eigenvalue weighted by Gasteiger charge is 2.11. The molecule has 0 bridgehead atoms. The van der Waals surface area contributed by atoms with Crippen molar-refractivity contribution >= 4 is 15.9 Å². The van der Waals surface area contributed by atoms with E-state index in [0.717, 1.165) is 34.6 Å². The van der Waals surface area contributed by atoms with Crippen LogP contribution in [0.5, 0.6) is 11.5 Å². The van der Waals surface area contributed by atoms with E-state index in [4.69, 9.17) is 9.47 Å². The lowest BCUT2D eigenvalue weighted by Crippen LogP contribution is -2.15. The van der Waals surface area contributed by atoms with Gasteiger partial charge in [0.2, 0.25) is 0 Å². The zero-order valence-corrected chi connectivity index (χ0v) is 15.1. The van der Waals surface area contributed by atoms with Crippen LogP contribution in [-0.4, -0.2) is 20.8 Å². The third-order valence-corrected chi connectivity index (χ3v) is 4.00. The molecule has 0 fully saturated rings. The smallest absolute Gasteiger partial charge is 0.165 e. The van der Waals surface area contributed by atoms with Gasteiger partial charge in [0.15, 0.2) is 11.5 Å². The highest BCUT2D eigenvalue weighted by atomic mass is 79.9. The molecule has 0 aliphatic carbocycles. The average molecular weight is 358 g/mol. The van der Waals surface area contributed by atoms with Crippen molar-refractivity contribution in [3.8, 4) is 11.5 Å². The van der Waals surface area contributed by atoms with E-state index in [1.54, 1.807) is 14.2 Å². The van der Waals surface area contributed by atoms with Crippen LogP contribution >= 0.6 is 15.9 Å². The van der Waals surface area contributed by atoms with Crippen LogP contribution in [0.1, 0.15) is 51.0 Å². The minimum Gasteiger partial charge on any atom is -0.493 e. The molecular formula is C17H28BrNO2. The summed E-state index contributed by atoms with van der Waals surface area (Å²) in [5, 5.41) is 3.49. The van der Waals surface area contributed by atoms with Crippen molar-refractivity contribution in [2.45, 2.75) is 52.0 Å². The Kier molecular flexibility index (Phi) is 9.51. The van der Waals surface area contributed by atoms with Crippen molar-refractivity contribution in [2.24, 2.45) is 0 Å². The van der Waals surface area contributed by atoms with Crippen LogP contribution < -0.4 is 14.8 Å². The molecule has 0 aromatic heterocycles. The van der Waals surface area contributed by atoms with Crippen molar-refractivity contribution < 1.29 is 9.47 Å². The summed E-state index contributed by atoms with van der Waals surface area (Å²) in [4.78, 5) is 0. The summed E-state index contributed by atoms with van der Waals surface area (Å²) in [5.74, 6) is 1.58. The van der Waals surface area contributed by atoms with Gasteiger partial charge in [-0.25, -0.2) is 0 Å². The molecule has 0 spiro atoms. The van der Waals surface area contributed by atoms with Crippen LogP contribution in [-0.2, 0) is 6.54 Å². The predicted molar refractivity (Wildman–Crippen MR) is 92.3 cm³/mol. The highest BCUT2D eigenvalue weighted by Crippen LogP contribution is 2.34. The number of halogens is 1. The number of benzene rings is 1. The molecule has 0 saturated carbocycles. The maximum absolute atomic E-state index is 5.46. The molecule has 1 N–H and O–H groups in total. The van der Waals surface area contributed by atoms with Crippen molar-refractivity contribution in [3.05, 3.63) is 22.2 Å². The van der Waals surface area contributed by atoms with Crippen LogP contribution in [0.25, 0.3) is 0 Å². The molecule has 0 aliphatic heterocycles. The van der Waals surface area contributed by atoms with E-state index in [2.05, 4.69) is 34.2 Å². The fourth-order valence-corrected chi connectivity index (χ4v) is 2.87. The van der Waals surface area contributed by atoms with Gasteiger partial charge in [-0.05, 0) is 25.1 Å². The van der Waals surface area contributed by atoms with Gasteiger partial charge in [-0.15, -0.1) is 0 Å². The summed E-state index contributed by atoms with van der Waals surface area (Å²) in [6, 6.07) is 4.01. The van der Waals surface area contributed by atoms with E-state index in [1.807, 2.05) is 6.07 Å². The molecule has 1 aromatic carbocycles. The first-order valence-electron chi connectivity index (χ1n) is 7.84. The van der Waals surface area contributed by atoms with Crippen molar-refractivity contribution in [2.75, 3.05) is 20.8 Å². The van der Waals surface area contributed by atoms with Gasteiger partial charge >= 0.3 is 0 Å². The number of hydrogen-bond acceptors (Lipinski definition) is 3. The maximum Gasteiger partial charge on any atom is 0.165 e. The van der Waals surface area contributed by atoms with E-state index in [0.29, 0.717) is 0 Å². The molecular weight excluding hydrogens is 330 g/mol. The monoisotopic (exact) mass is 357 g/mol. The van der Waals surface area contributed by atoms with Gasteiger partial charge in [-0.2, -0.15) is 0 Å². The summed E-state index contributed by atoms with van der Waals surface area (Å²) in [7, 11) is 3.35. The molecule has 0 unspecified atom stereocenters. The summed E-state index contributed by atoms with van der Waals surface area (Å²) in [6.45, 7) is 4.10. The van der Waals surface area contributed by atoms with Gasteiger partial charge in [-0.3, -0.25) is 0 Å². The van der Waals surface area contributed by atoms with E-state index >= 15 is 0 Å². The van der Waals surface area contributed by atoms with Crippen molar-refractivity contribution in [1.29, 1.82) is 0 Å². The molecule has 4 heteroatoms. The first-order chi connectivity index (χ1) is 10.2. The van der Waals surface area contributed by atoms with Crippen LogP contribution in [0.15, 0.2) is 16.6 Å². The normalized spacial score (nSPS) is 10.7. The number of unbranched alkanes of at least 4 members (excludes halogenated alkanes) is 5. The fourth-order valence-electron chi connectivity index (χ4n) is 2.39. The molecule has 1 rings (SSSR count). The zero-order valence-electron chi connectivity index (χ0n) is 13.5. The van der Waals surface area contributed by atoms with Gasteiger partial charge in [0.1, 0.15) is 0 Å². The lowest BCUT2D eigenvalue weighted by atomic mass is 10.1. The van der Waals surface area contributed by atoms with Gasteiger partial charge in [0.25, 0.3) is 0 Å². The minimum absolute atomic E-state index is 0.767. The highest BCUT2D eigenvalue weighted by molar-refractivity contribution is 9.10. The molecule has 0 aliphatic rings. The van der Waals surface area contributed by atoms with Gasteiger partial charge in [0, 0.05) is 16.6 Å². The van der Waals surface area contributed by atoms with Crippen LogP contribution in [0.3, 0.4) is 0 Å². The Balaban J connectivity index is 2.36. The standard InChI is InChI=1S/C17H28BrNO2/c1-4-5-6-7-8-9-10-19-13-14-11-15(18)12-16(20-2)17(14)21-3/h11-12,19H,4-10,13H2,1-3H3. The molecule has 0 heterocycles. The number of rotatable bonds is 11. The third-order valence-electron chi connectivity index (χ3n) is 3.54. The second kappa shape index (κ2) is 10.9. The molecule has 1 aromatic rings. The molecule has 3 nitrogen and oxygen atoms in total. The Hall–Kier alpha value is -0.740. The predicted octanol–water partition coefficient (Wildman–Crippen LogP) is 4.92. The molecule has 0 saturated heterocycles. The van der Waals surface area contributed by atoms with E-state index in [-0.39, 0.29) is 0 Å². The third kappa shape index (κ3) is 6.70. The maximum atomic E-state index is 5.46. The van der Waals surface area contributed by atoms with E-state index in [1.165, 1.54) is 38.5 Å². The van der Waals surface area contributed by atoms with Crippen molar-refractivity contribution in [1.82, 2.24) is 5.32 Å². The van der Waals surface area contributed by atoms with Crippen LogP contribution in [0.2, 0.25) is 0 Å². The molecule has 0 amide bonds. The second-order valence-corrected chi connectivity index (χ2v) is 6.16. The Morgan fingerprint density at radius 2 is 1.71 bits per heavy atom. The first kappa shape index (κ1) is 18.3. The lowest BCUT2D eigenvalue weighted by Gasteiger charge is -2.14. The quantitative estimate of drug-likeness (QED) is 0.570. The SMILES string of the molecule is CCCCCCCCNCc1cc(Br)cc(OC)c1OC. The first-order valence-corrected chi connectivity index (χ1v) is 8.63. The topological polar surface area (TPSA) is 30.5 Å². The number of ether oxygens (including phenoxy) is 2. The Morgan fingerprint density at radius 3 is 2.38 bits per heavy atom. The van der Waals surface area contributed by atoms with Crippen LogP contribution in [0, 0.1) is 0 Å². The molecule has 21 heavy (non-hydrogen) atoms. The summed E-state index contributed by atoms with van der Waals surface area (Å²) in [5.41, 5.74) is 1.12. The Morgan fingerprint density at radius 1 is 1.00 bits per heavy atom. The minimum atomic E-state index is 0.767. The molecule has 0 atom stereocenters. The number of methoxy groups -OCH3 is 2. The number of hydrogen-bond donors (Lipinski definition) is 1. The Labute approximate surface area is 137 Å². The summed E-state index contributed by atoms with van der Waals surface area (Å²) in [6.07, 6.45) is 7.94. The zero-order chi connectivity index (χ0) is 15.5. The van der Waals surface area contributed by atoms with Crippen LogP contribution in [0.4, 0.5) is 0 Å². The number of nitrogens with one attached hydrogen (secondary N) is 1. The summed E-state index contributed by atoms with van der Waals surface area (Å²) < 4.78 is 11.8. The second-order valence-electron chi connectivity index (χ2n) is 5.24. The summed E-state index contributed by atoms with van der Waals surface area (Å²) >= 11 is 3.51. The molecule has 120 valence electrons. The fraction of sp³-hybridized carbons (Fsp3) is 0.647. The Bertz CT molecular complexity index is 410. The average Bonchev–Trinajstić information content (AvgIpc) is 2.49. The van der Waals surface area contributed by atoms with Gasteiger partial charge < -0.3 is 14.8 Å². The lowest BCUT2D eigenvalue weighted by molar-refractivity contribution is 0.350. The van der Waals surface area contributed by atoms with E-state index in [9.17, 15) is 0 Å². The van der Waals surface area contributed by atoms with Gasteiger partial charge in [0.05, 0.1) is 14.2 Å². The van der Waals surface area contributed by atoms with Crippen molar-refractivity contribution in [3.63, 3.8) is 0 Å². The largest absolute Gasteiger partial charge is 0.493 e.